The van der Waals surface area contributed by atoms with Crippen LogP contribution in [0.3, 0.4) is 0 Å². The Hall–Kier alpha value is -2.53. The van der Waals surface area contributed by atoms with E-state index in [0.717, 1.165) is 34.2 Å². The fourth-order valence-corrected chi connectivity index (χ4v) is 8.33. The van der Waals surface area contributed by atoms with Gasteiger partial charge in [-0.1, -0.05) is 29.9 Å². The molecule has 1 fully saturated rings. The molecular formula is C24H25N3O4S3. The Kier molecular flexibility index (Phi) is 6.32. The first-order valence-corrected chi connectivity index (χ1v) is 14.2. The molecule has 1 unspecified atom stereocenters. The van der Waals surface area contributed by atoms with Gasteiger partial charge in [0.05, 0.1) is 23.0 Å². The Bertz CT molecular complexity index is 1410. The van der Waals surface area contributed by atoms with Gasteiger partial charge >= 0.3 is 0 Å². The smallest absolute Gasteiger partial charge is 0.253 e. The van der Waals surface area contributed by atoms with Crippen molar-refractivity contribution >= 4 is 54.0 Å². The highest BCUT2D eigenvalue weighted by Crippen LogP contribution is 2.35. The summed E-state index contributed by atoms with van der Waals surface area (Å²) >= 11 is 2.61. The lowest BCUT2D eigenvalue weighted by atomic mass is 10.0. The van der Waals surface area contributed by atoms with Gasteiger partial charge in [0.1, 0.15) is 16.0 Å². The summed E-state index contributed by atoms with van der Waals surface area (Å²) in [6, 6.07) is 10.2. The van der Waals surface area contributed by atoms with E-state index >= 15 is 0 Å². The van der Waals surface area contributed by atoms with E-state index < -0.39 is 16.1 Å². The zero-order valence-electron chi connectivity index (χ0n) is 18.9. The molecule has 178 valence electrons. The van der Waals surface area contributed by atoms with Crippen molar-refractivity contribution in [3.8, 4) is 0 Å². The van der Waals surface area contributed by atoms with E-state index in [-0.39, 0.29) is 16.7 Å². The molecule has 1 aromatic carbocycles. The minimum atomic E-state index is -3.76. The van der Waals surface area contributed by atoms with Gasteiger partial charge in [-0.25, -0.2) is 13.4 Å². The van der Waals surface area contributed by atoms with Crippen LogP contribution < -0.4 is 4.90 Å². The van der Waals surface area contributed by atoms with Gasteiger partial charge in [-0.15, -0.1) is 11.3 Å². The second-order valence-electron chi connectivity index (χ2n) is 8.49. The average molecular weight is 516 g/mol. The number of thiophene rings is 1. The summed E-state index contributed by atoms with van der Waals surface area (Å²) < 4.78 is 35.0. The van der Waals surface area contributed by atoms with E-state index in [4.69, 9.17) is 9.40 Å². The first kappa shape index (κ1) is 23.2. The van der Waals surface area contributed by atoms with E-state index in [1.54, 1.807) is 34.7 Å². The highest BCUT2D eigenvalue weighted by molar-refractivity contribution is 7.91. The summed E-state index contributed by atoms with van der Waals surface area (Å²) in [6.45, 7) is 4.55. The zero-order valence-corrected chi connectivity index (χ0v) is 21.4. The van der Waals surface area contributed by atoms with Crippen LogP contribution in [0.15, 0.2) is 56.7 Å². The third kappa shape index (κ3) is 4.31. The standard InChI is InChI=1S/C24H25N3O4S3/c1-16-13-17(2)22-20(14-16)33-24(25-22)26(15-18-7-5-11-31-18)23(28)19-8-3-4-10-27(19)34(29,30)21-9-6-12-32-21/h5-7,9,11-14,19H,3-4,8,10,15H2,1-2H3. The average Bonchev–Trinajstić information content (AvgIpc) is 3.59. The normalized spacial score (nSPS) is 17.3. The number of carbonyl (C=O) groups is 1. The largest absolute Gasteiger partial charge is 0.467 e. The fourth-order valence-electron chi connectivity index (χ4n) is 4.42. The molecule has 7 nitrogen and oxygen atoms in total. The number of thiazole rings is 1. The summed E-state index contributed by atoms with van der Waals surface area (Å²) in [5.74, 6) is 0.341. The van der Waals surface area contributed by atoms with Gasteiger partial charge in [-0.2, -0.15) is 4.31 Å². The summed E-state index contributed by atoms with van der Waals surface area (Å²) in [6.07, 6.45) is 3.56. The number of amides is 1. The number of aryl methyl sites for hydroxylation is 2. The number of aromatic nitrogens is 1. The summed E-state index contributed by atoms with van der Waals surface area (Å²) in [5.41, 5.74) is 3.03. The van der Waals surface area contributed by atoms with Crippen molar-refractivity contribution < 1.29 is 17.6 Å². The Labute approximate surface area is 206 Å². The minimum absolute atomic E-state index is 0.188. The fraction of sp³-hybridized carbons (Fsp3) is 0.333. The number of fused-ring (bicyclic) bond motifs is 1. The van der Waals surface area contributed by atoms with Gasteiger partial charge < -0.3 is 4.42 Å². The van der Waals surface area contributed by atoms with Crippen LogP contribution in [-0.4, -0.2) is 36.2 Å². The van der Waals surface area contributed by atoms with Gasteiger partial charge in [0, 0.05) is 6.54 Å². The highest BCUT2D eigenvalue weighted by Gasteiger charge is 2.41. The molecule has 0 aliphatic carbocycles. The lowest BCUT2D eigenvalue weighted by molar-refractivity contribution is -0.123. The SMILES string of the molecule is Cc1cc(C)c2nc(N(Cc3ccco3)C(=O)C3CCCCN3S(=O)(=O)c3cccs3)sc2c1. The van der Waals surface area contributed by atoms with Crippen molar-refractivity contribution in [2.24, 2.45) is 0 Å². The summed E-state index contributed by atoms with van der Waals surface area (Å²) in [7, 11) is -3.76. The molecule has 5 rings (SSSR count). The monoisotopic (exact) mass is 515 g/mol. The molecule has 4 aromatic rings. The van der Waals surface area contributed by atoms with Crippen LogP contribution in [-0.2, 0) is 21.4 Å². The van der Waals surface area contributed by atoms with Crippen molar-refractivity contribution in [1.82, 2.24) is 9.29 Å². The lowest BCUT2D eigenvalue weighted by Gasteiger charge is -2.35. The lowest BCUT2D eigenvalue weighted by Crippen LogP contribution is -2.52. The van der Waals surface area contributed by atoms with Crippen LogP contribution in [0.5, 0.6) is 0 Å². The van der Waals surface area contributed by atoms with Gasteiger partial charge in [-0.3, -0.25) is 9.69 Å². The Morgan fingerprint density at radius 2 is 2.09 bits per heavy atom. The van der Waals surface area contributed by atoms with Crippen molar-refractivity contribution in [1.29, 1.82) is 0 Å². The number of piperidine rings is 1. The second kappa shape index (κ2) is 9.26. The van der Waals surface area contributed by atoms with E-state index in [0.29, 0.717) is 23.9 Å². The van der Waals surface area contributed by atoms with E-state index in [2.05, 4.69) is 12.1 Å². The number of sulfonamides is 1. The van der Waals surface area contributed by atoms with Gasteiger partial charge in [0.2, 0.25) is 5.91 Å². The topological polar surface area (TPSA) is 83.7 Å². The molecule has 1 saturated heterocycles. The molecule has 0 spiro atoms. The van der Waals surface area contributed by atoms with Crippen LogP contribution >= 0.6 is 22.7 Å². The molecule has 34 heavy (non-hydrogen) atoms. The summed E-state index contributed by atoms with van der Waals surface area (Å²) in [5, 5.41) is 2.28. The minimum Gasteiger partial charge on any atom is -0.467 e. The number of furan rings is 1. The van der Waals surface area contributed by atoms with Crippen LogP contribution in [0, 0.1) is 13.8 Å². The molecule has 0 N–H and O–H groups in total. The zero-order chi connectivity index (χ0) is 23.9. The molecule has 1 aliphatic rings. The molecule has 0 saturated carbocycles. The highest BCUT2D eigenvalue weighted by atomic mass is 32.2. The number of carbonyl (C=O) groups excluding carboxylic acids is 1. The maximum absolute atomic E-state index is 14.0. The van der Waals surface area contributed by atoms with Crippen LogP contribution in [0.2, 0.25) is 0 Å². The van der Waals surface area contributed by atoms with Gasteiger partial charge in [-0.05, 0) is 67.5 Å². The first-order chi connectivity index (χ1) is 16.3. The van der Waals surface area contributed by atoms with Crippen LogP contribution in [0.4, 0.5) is 5.13 Å². The predicted octanol–water partition coefficient (Wildman–Crippen LogP) is 5.34. The number of anilines is 1. The molecule has 0 bridgehead atoms. The Balaban J connectivity index is 1.55. The Morgan fingerprint density at radius 3 is 2.82 bits per heavy atom. The maximum atomic E-state index is 14.0. The number of hydrogen-bond donors (Lipinski definition) is 0. The molecule has 10 heteroatoms. The van der Waals surface area contributed by atoms with Crippen molar-refractivity contribution in [2.45, 2.75) is 49.9 Å². The van der Waals surface area contributed by atoms with E-state index in [1.807, 2.05) is 19.9 Å². The number of nitrogens with zero attached hydrogens (tertiary/aromatic N) is 3. The first-order valence-electron chi connectivity index (χ1n) is 11.1. The molecule has 0 radical (unpaired) electrons. The molecule has 1 atom stereocenters. The second-order valence-corrected chi connectivity index (χ2v) is 12.6. The number of hydrogen-bond acceptors (Lipinski definition) is 7. The molecule has 1 aliphatic heterocycles. The van der Waals surface area contributed by atoms with Crippen LogP contribution in [0.1, 0.15) is 36.1 Å². The quantitative estimate of drug-likeness (QED) is 0.346. The maximum Gasteiger partial charge on any atom is 0.253 e. The number of rotatable bonds is 6. The van der Waals surface area contributed by atoms with Crippen LogP contribution in [0.25, 0.3) is 10.2 Å². The number of benzene rings is 1. The van der Waals surface area contributed by atoms with Gasteiger partial charge in [0.25, 0.3) is 10.0 Å². The molecular weight excluding hydrogens is 490 g/mol. The predicted molar refractivity (Wildman–Crippen MR) is 135 cm³/mol. The van der Waals surface area contributed by atoms with Crippen molar-refractivity contribution in [2.75, 3.05) is 11.4 Å². The molecule has 1 amide bonds. The Morgan fingerprint density at radius 1 is 1.24 bits per heavy atom. The van der Waals surface area contributed by atoms with Gasteiger partial charge in [0.15, 0.2) is 5.13 Å². The molecule has 3 aromatic heterocycles. The summed E-state index contributed by atoms with van der Waals surface area (Å²) in [4.78, 5) is 20.4. The molecule has 4 heterocycles. The third-order valence-corrected chi connectivity index (χ3v) is 10.3. The third-order valence-electron chi connectivity index (χ3n) is 6.01. The van der Waals surface area contributed by atoms with E-state index in [1.165, 1.54) is 27.0 Å². The van der Waals surface area contributed by atoms with Crippen molar-refractivity contribution in [3.63, 3.8) is 0 Å². The van der Waals surface area contributed by atoms with Crippen molar-refractivity contribution in [3.05, 3.63) is 64.9 Å². The van der Waals surface area contributed by atoms with E-state index in [9.17, 15) is 13.2 Å².